The van der Waals surface area contributed by atoms with Crippen LogP contribution in [-0.2, 0) is 4.79 Å². The number of rotatable bonds is 5. The molecule has 28 heavy (non-hydrogen) atoms. The van der Waals surface area contributed by atoms with Crippen LogP contribution in [0, 0.1) is 0 Å². The minimum atomic E-state index is -0.314. The molecular weight excluding hydrogens is 350 g/mol. The number of hydrogen-bond acceptors (Lipinski definition) is 3. The summed E-state index contributed by atoms with van der Waals surface area (Å²) in [7, 11) is 0. The Hall–Kier alpha value is -3.27. The van der Waals surface area contributed by atoms with Crippen molar-refractivity contribution in [2.24, 2.45) is 0 Å². The largest absolute Gasteiger partial charge is 0.486 e. The first-order valence-corrected chi connectivity index (χ1v) is 9.52. The number of carbonyl (C=O) groups is 1. The van der Waals surface area contributed by atoms with Gasteiger partial charge in [0.1, 0.15) is 13.2 Å². The number of benzene rings is 3. The van der Waals surface area contributed by atoms with Gasteiger partial charge in [0.05, 0.1) is 12.0 Å². The molecule has 1 heterocycles. The molecule has 0 radical (unpaired) electrons. The van der Waals surface area contributed by atoms with Crippen LogP contribution in [0.2, 0.25) is 0 Å². The van der Waals surface area contributed by atoms with E-state index in [0.717, 1.165) is 22.4 Å². The van der Waals surface area contributed by atoms with Crippen molar-refractivity contribution in [3.05, 3.63) is 95.6 Å². The second-order valence-electron chi connectivity index (χ2n) is 6.89. The second-order valence-corrected chi connectivity index (χ2v) is 6.89. The van der Waals surface area contributed by atoms with Crippen molar-refractivity contribution in [2.45, 2.75) is 18.9 Å². The van der Waals surface area contributed by atoms with E-state index in [1.807, 2.05) is 85.8 Å². The lowest BCUT2D eigenvalue weighted by Crippen LogP contribution is -2.32. The fourth-order valence-corrected chi connectivity index (χ4v) is 3.40. The third kappa shape index (κ3) is 3.86. The Labute approximate surface area is 165 Å². The summed E-state index contributed by atoms with van der Waals surface area (Å²) in [6.07, 6.45) is 0. The van der Waals surface area contributed by atoms with Crippen LogP contribution >= 0.6 is 0 Å². The summed E-state index contributed by atoms with van der Waals surface area (Å²) in [5, 5.41) is 3.22. The molecule has 0 saturated carbocycles. The van der Waals surface area contributed by atoms with E-state index in [4.69, 9.17) is 9.47 Å². The van der Waals surface area contributed by atoms with Crippen molar-refractivity contribution < 1.29 is 14.3 Å². The number of nitrogens with one attached hydrogen (secondary N) is 1. The lowest BCUT2D eigenvalue weighted by atomic mass is 9.95. The van der Waals surface area contributed by atoms with Crippen LogP contribution in [-0.4, -0.2) is 19.1 Å². The minimum Gasteiger partial charge on any atom is -0.486 e. The predicted octanol–water partition coefficient (Wildman–Crippen LogP) is 4.47. The predicted molar refractivity (Wildman–Crippen MR) is 109 cm³/mol. The molecule has 4 nitrogen and oxygen atoms in total. The van der Waals surface area contributed by atoms with Crippen LogP contribution in [0.4, 0.5) is 0 Å². The van der Waals surface area contributed by atoms with Gasteiger partial charge in [0.15, 0.2) is 11.5 Å². The van der Waals surface area contributed by atoms with E-state index in [9.17, 15) is 4.79 Å². The summed E-state index contributed by atoms with van der Waals surface area (Å²) >= 11 is 0. The van der Waals surface area contributed by atoms with Crippen molar-refractivity contribution >= 4 is 5.91 Å². The van der Waals surface area contributed by atoms with Crippen LogP contribution in [0.25, 0.3) is 0 Å². The molecule has 0 bridgehead atoms. The Kier molecular flexibility index (Phi) is 5.29. The van der Waals surface area contributed by atoms with Crippen LogP contribution in [0.3, 0.4) is 0 Å². The second kappa shape index (κ2) is 8.17. The first-order valence-electron chi connectivity index (χ1n) is 9.52. The summed E-state index contributed by atoms with van der Waals surface area (Å²) in [6, 6.07) is 25.5. The maximum absolute atomic E-state index is 13.1. The molecule has 0 fully saturated rings. The molecule has 1 N–H and O–H groups in total. The average molecular weight is 373 g/mol. The van der Waals surface area contributed by atoms with Crippen molar-refractivity contribution in [1.29, 1.82) is 0 Å². The zero-order chi connectivity index (χ0) is 19.3. The molecule has 4 rings (SSSR count). The number of hydrogen-bond donors (Lipinski definition) is 1. The Bertz CT molecular complexity index is 901. The van der Waals surface area contributed by atoms with Gasteiger partial charge in [0.2, 0.25) is 5.91 Å². The number of carbonyl (C=O) groups excluding carboxylic acids is 1. The SMILES string of the molecule is CC(C(=O)NC(c1ccccc1)c1ccccc1)c1ccc2c(c1)OCCO2. The zero-order valence-electron chi connectivity index (χ0n) is 15.8. The van der Waals surface area contributed by atoms with Gasteiger partial charge >= 0.3 is 0 Å². The third-order valence-electron chi connectivity index (χ3n) is 5.01. The van der Waals surface area contributed by atoms with Crippen molar-refractivity contribution in [2.75, 3.05) is 13.2 Å². The van der Waals surface area contributed by atoms with Gasteiger partial charge in [-0.15, -0.1) is 0 Å². The van der Waals surface area contributed by atoms with Crippen LogP contribution < -0.4 is 14.8 Å². The molecule has 0 aliphatic carbocycles. The maximum Gasteiger partial charge on any atom is 0.228 e. The number of ether oxygens (including phenoxy) is 2. The highest BCUT2D eigenvalue weighted by molar-refractivity contribution is 5.84. The molecule has 3 aromatic rings. The van der Waals surface area contributed by atoms with E-state index in [0.29, 0.717) is 19.0 Å². The topological polar surface area (TPSA) is 47.6 Å². The third-order valence-corrected chi connectivity index (χ3v) is 5.01. The van der Waals surface area contributed by atoms with Crippen molar-refractivity contribution in [3.8, 4) is 11.5 Å². The van der Waals surface area contributed by atoms with E-state index >= 15 is 0 Å². The highest BCUT2D eigenvalue weighted by Crippen LogP contribution is 2.33. The molecule has 1 atom stereocenters. The summed E-state index contributed by atoms with van der Waals surface area (Å²) in [5.74, 6) is 1.08. The first-order chi connectivity index (χ1) is 13.7. The summed E-state index contributed by atoms with van der Waals surface area (Å²) < 4.78 is 11.2. The Balaban J connectivity index is 1.57. The fourth-order valence-electron chi connectivity index (χ4n) is 3.40. The van der Waals surface area contributed by atoms with E-state index in [1.165, 1.54) is 0 Å². The highest BCUT2D eigenvalue weighted by atomic mass is 16.6. The molecule has 0 saturated heterocycles. The number of fused-ring (bicyclic) bond motifs is 1. The van der Waals surface area contributed by atoms with Gasteiger partial charge in [-0.2, -0.15) is 0 Å². The molecule has 1 aliphatic rings. The normalized spacial score (nSPS) is 13.8. The van der Waals surface area contributed by atoms with Crippen molar-refractivity contribution in [1.82, 2.24) is 5.32 Å². The van der Waals surface area contributed by atoms with Gasteiger partial charge in [-0.05, 0) is 35.7 Å². The van der Waals surface area contributed by atoms with E-state index < -0.39 is 0 Å². The molecule has 4 heteroatoms. The summed E-state index contributed by atoms with van der Waals surface area (Å²) in [6.45, 7) is 2.99. The van der Waals surface area contributed by atoms with Gasteiger partial charge in [-0.1, -0.05) is 66.7 Å². The van der Waals surface area contributed by atoms with Gasteiger partial charge in [-0.3, -0.25) is 4.79 Å². The quantitative estimate of drug-likeness (QED) is 0.718. The molecule has 1 amide bonds. The van der Waals surface area contributed by atoms with Crippen LogP contribution in [0.5, 0.6) is 11.5 Å². The zero-order valence-corrected chi connectivity index (χ0v) is 15.8. The van der Waals surface area contributed by atoms with Gasteiger partial charge in [0.25, 0.3) is 0 Å². The van der Waals surface area contributed by atoms with E-state index in [2.05, 4.69) is 5.32 Å². The maximum atomic E-state index is 13.1. The van der Waals surface area contributed by atoms with Crippen molar-refractivity contribution in [3.63, 3.8) is 0 Å². The molecule has 3 aromatic carbocycles. The average Bonchev–Trinajstić information content (AvgIpc) is 2.77. The smallest absolute Gasteiger partial charge is 0.228 e. The Morgan fingerprint density at radius 3 is 1.96 bits per heavy atom. The highest BCUT2D eigenvalue weighted by Gasteiger charge is 2.23. The lowest BCUT2D eigenvalue weighted by molar-refractivity contribution is -0.122. The molecule has 0 aromatic heterocycles. The molecule has 1 aliphatic heterocycles. The summed E-state index contributed by atoms with van der Waals surface area (Å²) in [5.41, 5.74) is 3.01. The molecule has 1 unspecified atom stereocenters. The van der Waals surface area contributed by atoms with E-state index in [1.54, 1.807) is 0 Å². The standard InChI is InChI=1S/C24H23NO3/c1-17(20-12-13-21-22(16-20)28-15-14-27-21)24(26)25-23(18-8-4-2-5-9-18)19-10-6-3-7-11-19/h2-13,16-17,23H,14-15H2,1H3,(H,25,26). The first kappa shape index (κ1) is 18.1. The van der Waals surface area contributed by atoms with Gasteiger partial charge in [-0.25, -0.2) is 0 Å². The number of amides is 1. The van der Waals surface area contributed by atoms with Gasteiger partial charge in [0, 0.05) is 0 Å². The van der Waals surface area contributed by atoms with E-state index in [-0.39, 0.29) is 17.9 Å². The summed E-state index contributed by atoms with van der Waals surface area (Å²) in [4.78, 5) is 13.1. The Morgan fingerprint density at radius 2 is 1.36 bits per heavy atom. The van der Waals surface area contributed by atoms with Gasteiger partial charge < -0.3 is 14.8 Å². The van der Waals surface area contributed by atoms with Crippen LogP contribution in [0.1, 0.15) is 35.6 Å². The molecule has 0 spiro atoms. The molecule has 142 valence electrons. The molecular formula is C24H23NO3. The van der Waals surface area contributed by atoms with Crippen LogP contribution in [0.15, 0.2) is 78.9 Å². The Morgan fingerprint density at radius 1 is 0.786 bits per heavy atom. The fraction of sp³-hybridized carbons (Fsp3) is 0.208. The minimum absolute atomic E-state index is 0.0330. The lowest BCUT2D eigenvalue weighted by Gasteiger charge is -2.23. The monoisotopic (exact) mass is 373 g/mol.